The quantitative estimate of drug-likeness (QED) is 0.796. The Labute approximate surface area is 98.4 Å². The van der Waals surface area contributed by atoms with E-state index in [0.29, 0.717) is 6.04 Å². The van der Waals surface area contributed by atoms with Crippen LogP contribution >= 0.6 is 0 Å². The Morgan fingerprint density at radius 1 is 1.38 bits per heavy atom. The van der Waals surface area contributed by atoms with Crippen LogP contribution in [0.1, 0.15) is 44.9 Å². The number of benzene rings is 1. The molecule has 1 unspecified atom stereocenters. The van der Waals surface area contributed by atoms with E-state index in [9.17, 15) is 0 Å². The zero-order chi connectivity index (χ0) is 11.8. The van der Waals surface area contributed by atoms with Crippen molar-refractivity contribution in [1.29, 1.82) is 0 Å². The van der Waals surface area contributed by atoms with Crippen molar-refractivity contribution in [2.75, 3.05) is 11.9 Å². The van der Waals surface area contributed by atoms with E-state index in [0.717, 1.165) is 13.1 Å². The molecule has 0 saturated heterocycles. The number of fused-ring (bicyclic) bond motifs is 1. The van der Waals surface area contributed by atoms with E-state index in [4.69, 9.17) is 0 Å². The number of hydrogen-bond acceptors (Lipinski definition) is 2. The van der Waals surface area contributed by atoms with Crippen LogP contribution in [-0.2, 0) is 6.54 Å². The van der Waals surface area contributed by atoms with E-state index in [1.807, 2.05) is 0 Å². The fourth-order valence-corrected chi connectivity index (χ4v) is 2.52. The molecular weight excluding hydrogens is 196 g/mol. The molecule has 1 aliphatic heterocycles. The van der Waals surface area contributed by atoms with Gasteiger partial charge in [0.05, 0.1) is 0 Å². The van der Waals surface area contributed by atoms with Gasteiger partial charge < -0.3 is 10.6 Å². The Kier molecular flexibility index (Phi) is 2.94. The molecule has 0 radical (unpaired) electrons. The third-order valence-corrected chi connectivity index (χ3v) is 3.24. The molecule has 2 rings (SSSR count). The Balaban J connectivity index is 2.38. The predicted molar refractivity (Wildman–Crippen MR) is 69.6 cm³/mol. The molecule has 0 spiro atoms. The Morgan fingerprint density at radius 2 is 2.12 bits per heavy atom. The molecule has 1 aliphatic rings. The Hall–Kier alpha value is -1.02. The summed E-state index contributed by atoms with van der Waals surface area (Å²) < 4.78 is 0. The topological polar surface area (TPSA) is 24.1 Å². The third kappa shape index (κ3) is 1.94. The fraction of sp³-hybridized carbons (Fsp3) is 0.571. The highest BCUT2D eigenvalue weighted by molar-refractivity contribution is 5.57. The first-order valence-corrected chi connectivity index (χ1v) is 6.13. The summed E-state index contributed by atoms with van der Waals surface area (Å²) in [7, 11) is 0. The number of anilines is 1. The molecule has 1 aromatic rings. The van der Waals surface area contributed by atoms with Gasteiger partial charge in [0.15, 0.2) is 0 Å². The van der Waals surface area contributed by atoms with Gasteiger partial charge in [-0.05, 0) is 29.5 Å². The molecule has 1 heterocycles. The zero-order valence-electron chi connectivity index (χ0n) is 10.7. The normalized spacial score (nSPS) is 19.6. The van der Waals surface area contributed by atoms with Crippen LogP contribution in [0, 0.1) is 5.41 Å². The lowest BCUT2D eigenvalue weighted by Gasteiger charge is -2.28. The molecule has 2 nitrogen and oxygen atoms in total. The fourth-order valence-electron chi connectivity index (χ4n) is 2.52. The smallest absolute Gasteiger partial charge is 0.0389 e. The van der Waals surface area contributed by atoms with Gasteiger partial charge in [-0.3, -0.25) is 0 Å². The lowest BCUT2D eigenvalue weighted by Crippen LogP contribution is -2.26. The molecule has 0 amide bonds. The van der Waals surface area contributed by atoms with Crippen molar-refractivity contribution in [1.82, 2.24) is 5.32 Å². The lowest BCUT2D eigenvalue weighted by molar-refractivity contribution is 0.288. The predicted octanol–water partition coefficient (Wildman–Crippen LogP) is 3.31. The van der Waals surface area contributed by atoms with Crippen LogP contribution < -0.4 is 10.6 Å². The van der Waals surface area contributed by atoms with Gasteiger partial charge in [0.25, 0.3) is 0 Å². The van der Waals surface area contributed by atoms with Crippen molar-refractivity contribution in [2.24, 2.45) is 5.41 Å². The molecule has 1 atom stereocenters. The van der Waals surface area contributed by atoms with E-state index < -0.39 is 0 Å². The molecule has 2 heteroatoms. The van der Waals surface area contributed by atoms with E-state index in [1.165, 1.54) is 16.8 Å². The minimum Gasteiger partial charge on any atom is -0.385 e. The Bertz CT molecular complexity index is 377. The first-order valence-electron chi connectivity index (χ1n) is 6.13. The van der Waals surface area contributed by atoms with E-state index in [-0.39, 0.29) is 5.41 Å². The summed E-state index contributed by atoms with van der Waals surface area (Å²) in [6.07, 6.45) is 0. The van der Waals surface area contributed by atoms with Crippen LogP contribution in [0.5, 0.6) is 0 Å². The van der Waals surface area contributed by atoms with Crippen LogP contribution in [0.3, 0.4) is 0 Å². The molecule has 0 bridgehead atoms. The zero-order valence-corrected chi connectivity index (χ0v) is 10.7. The van der Waals surface area contributed by atoms with Crippen molar-refractivity contribution in [3.05, 3.63) is 29.3 Å². The molecule has 0 aromatic heterocycles. The van der Waals surface area contributed by atoms with Gasteiger partial charge in [0.1, 0.15) is 0 Å². The highest BCUT2D eigenvalue weighted by Crippen LogP contribution is 2.40. The first kappa shape index (κ1) is 11.5. The van der Waals surface area contributed by atoms with Gasteiger partial charge in [0.2, 0.25) is 0 Å². The maximum atomic E-state index is 3.62. The standard InChI is InChI=1S/C14H22N2/c1-5-15-12-8-6-7-10-11(12)9-16-13(10)14(2,3)4/h6-8,13,15-16H,5,9H2,1-4H3. The number of nitrogens with one attached hydrogen (secondary N) is 2. The highest BCUT2D eigenvalue weighted by atomic mass is 15.0. The molecule has 16 heavy (non-hydrogen) atoms. The van der Waals surface area contributed by atoms with Gasteiger partial charge >= 0.3 is 0 Å². The van der Waals surface area contributed by atoms with Crippen LogP contribution in [0.15, 0.2) is 18.2 Å². The largest absolute Gasteiger partial charge is 0.385 e. The van der Waals surface area contributed by atoms with Crippen molar-refractivity contribution < 1.29 is 0 Å². The van der Waals surface area contributed by atoms with Crippen LogP contribution in [0.25, 0.3) is 0 Å². The second kappa shape index (κ2) is 4.10. The summed E-state index contributed by atoms with van der Waals surface area (Å²) >= 11 is 0. The van der Waals surface area contributed by atoms with Crippen molar-refractivity contribution in [3.63, 3.8) is 0 Å². The van der Waals surface area contributed by atoms with Crippen LogP contribution in [0.2, 0.25) is 0 Å². The van der Waals surface area contributed by atoms with Crippen LogP contribution in [-0.4, -0.2) is 6.54 Å². The molecular formula is C14H22N2. The molecule has 0 fully saturated rings. The minimum atomic E-state index is 0.274. The van der Waals surface area contributed by atoms with Gasteiger partial charge in [-0.15, -0.1) is 0 Å². The highest BCUT2D eigenvalue weighted by Gasteiger charge is 2.32. The summed E-state index contributed by atoms with van der Waals surface area (Å²) in [6, 6.07) is 7.06. The van der Waals surface area contributed by atoms with Gasteiger partial charge in [-0.25, -0.2) is 0 Å². The average molecular weight is 218 g/mol. The minimum absolute atomic E-state index is 0.274. The van der Waals surface area contributed by atoms with Crippen molar-refractivity contribution in [2.45, 2.75) is 40.3 Å². The van der Waals surface area contributed by atoms with Crippen molar-refractivity contribution in [3.8, 4) is 0 Å². The summed E-state index contributed by atoms with van der Waals surface area (Å²) in [4.78, 5) is 0. The summed E-state index contributed by atoms with van der Waals surface area (Å²) in [5.74, 6) is 0. The average Bonchev–Trinajstić information content (AvgIpc) is 2.62. The summed E-state index contributed by atoms with van der Waals surface area (Å²) in [5.41, 5.74) is 4.48. The maximum Gasteiger partial charge on any atom is 0.0389 e. The summed E-state index contributed by atoms with van der Waals surface area (Å²) in [6.45, 7) is 11.0. The molecule has 1 aromatic carbocycles. The van der Waals surface area contributed by atoms with Gasteiger partial charge in [-0.1, -0.05) is 32.9 Å². The number of rotatable bonds is 2. The van der Waals surface area contributed by atoms with Crippen LogP contribution in [0.4, 0.5) is 5.69 Å². The lowest BCUT2D eigenvalue weighted by atomic mass is 9.83. The SMILES string of the molecule is CCNc1cccc2c1CNC2C(C)(C)C. The maximum absolute atomic E-state index is 3.62. The molecule has 2 N–H and O–H groups in total. The second-order valence-electron chi connectivity index (χ2n) is 5.58. The van der Waals surface area contributed by atoms with Gasteiger partial charge in [-0.2, -0.15) is 0 Å². The third-order valence-electron chi connectivity index (χ3n) is 3.24. The number of hydrogen-bond donors (Lipinski definition) is 2. The summed E-state index contributed by atoms with van der Waals surface area (Å²) in [5, 5.41) is 7.06. The molecule has 0 aliphatic carbocycles. The Morgan fingerprint density at radius 3 is 2.75 bits per heavy atom. The van der Waals surface area contributed by atoms with E-state index >= 15 is 0 Å². The van der Waals surface area contributed by atoms with E-state index in [2.05, 4.69) is 56.5 Å². The molecule has 0 saturated carbocycles. The monoisotopic (exact) mass is 218 g/mol. The first-order chi connectivity index (χ1) is 7.54. The van der Waals surface area contributed by atoms with Crippen molar-refractivity contribution >= 4 is 5.69 Å². The molecule has 88 valence electrons. The second-order valence-corrected chi connectivity index (χ2v) is 5.58. The van der Waals surface area contributed by atoms with E-state index in [1.54, 1.807) is 0 Å². The van der Waals surface area contributed by atoms with Gasteiger partial charge in [0, 0.05) is 24.8 Å².